The highest BCUT2D eigenvalue weighted by Gasteiger charge is 2.31. The number of likely N-dealkylation sites (N-methyl/N-ethyl adjacent to an activating group) is 1. The Balaban J connectivity index is 1.85. The van der Waals surface area contributed by atoms with Gasteiger partial charge in [0.1, 0.15) is 5.75 Å². The number of carbonyl (C=O) groups is 1. The lowest BCUT2D eigenvalue weighted by molar-refractivity contribution is 0.0707. The van der Waals surface area contributed by atoms with Gasteiger partial charge in [-0.05, 0) is 65.3 Å². The number of hydrogen-bond donors (Lipinski definition) is 2. The highest BCUT2D eigenvalue weighted by molar-refractivity contribution is 7.92. The van der Waals surface area contributed by atoms with Crippen molar-refractivity contribution in [3.63, 3.8) is 0 Å². The molecule has 2 N–H and O–H groups in total. The van der Waals surface area contributed by atoms with Gasteiger partial charge >= 0.3 is 0 Å². The SMILES string of the molecule is COc1ccc(S(=O)(=O)N(Cc2ccsc2)c2c(CN3CCN(C)CC3)cccc2C(=O)NO)cc1. The van der Waals surface area contributed by atoms with Crippen LogP contribution in [0.15, 0.2) is 64.2 Å². The number of anilines is 1. The van der Waals surface area contributed by atoms with Crippen LogP contribution in [0.25, 0.3) is 0 Å². The molecule has 2 aromatic carbocycles. The van der Waals surface area contributed by atoms with Crippen LogP contribution in [0.2, 0.25) is 0 Å². The molecule has 0 aliphatic carbocycles. The number of methoxy groups -OCH3 is 1. The highest BCUT2D eigenvalue weighted by atomic mass is 32.2. The number of rotatable bonds is 9. The Labute approximate surface area is 215 Å². The number of carbonyl (C=O) groups excluding carboxylic acids is 1. The Bertz CT molecular complexity index is 1270. The molecule has 0 bridgehead atoms. The van der Waals surface area contributed by atoms with Gasteiger partial charge in [-0.2, -0.15) is 11.3 Å². The van der Waals surface area contributed by atoms with Crippen molar-refractivity contribution in [2.45, 2.75) is 18.0 Å². The van der Waals surface area contributed by atoms with Crippen LogP contribution in [0.4, 0.5) is 5.69 Å². The number of ether oxygens (including phenoxy) is 1. The molecule has 1 saturated heterocycles. The number of thiophene rings is 1. The van der Waals surface area contributed by atoms with Crippen molar-refractivity contribution in [1.82, 2.24) is 15.3 Å². The number of sulfonamides is 1. The van der Waals surface area contributed by atoms with Gasteiger partial charge in [0.2, 0.25) is 0 Å². The minimum atomic E-state index is -4.10. The van der Waals surface area contributed by atoms with Gasteiger partial charge in [0, 0.05) is 32.7 Å². The Kier molecular flexibility index (Phi) is 8.27. The molecule has 1 aromatic heterocycles. The molecule has 0 radical (unpaired) electrons. The van der Waals surface area contributed by atoms with Crippen LogP contribution < -0.4 is 14.5 Å². The van der Waals surface area contributed by atoms with E-state index in [1.54, 1.807) is 23.7 Å². The third-order valence-corrected chi connectivity index (χ3v) is 8.75. The molecule has 1 fully saturated rings. The number of benzene rings is 2. The van der Waals surface area contributed by atoms with Gasteiger partial charge in [-0.3, -0.25) is 19.2 Å². The maximum absolute atomic E-state index is 14.1. The number of piperazine rings is 1. The average molecular weight is 531 g/mol. The lowest BCUT2D eigenvalue weighted by Gasteiger charge is -2.34. The summed E-state index contributed by atoms with van der Waals surface area (Å²) < 4.78 is 34.6. The first-order valence-corrected chi connectivity index (χ1v) is 13.9. The zero-order chi connectivity index (χ0) is 25.7. The predicted molar refractivity (Wildman–Crippen MR) is 139 cm³/mol. The summed E-state index contributed by atoms with van der Waals surface area (Å²) in [5, 5.41) is 13.2. The van der Waals surface area contributed by atoms with E-state index in [0.29, 0.717) is 17.9 Å². The van der Waals surface area contributed by atoms with Crippen LogP contribution in [0.5, 0.6) is 5.75 Å². The number of nitrogens with one attached hydrogen (secondary N) is 1. The first kappa shape index (κ1) is 26.1. The fourth-order valence-electron chi connectivity index (χ4n) is 4.21. The minimum Gasteiger partial charge on any atom is -0.497 e. The van der Waals surface area contributed by atoms with E-state index in [2.05, 4.69) is 16.8 Å². The molecule has 1 amide bonds. The van der Waals surface area contributed by atoms with Crippen molar-refractivity contribution in [1.29, 1.82) is 0 Å². The van der Waals surface area contributed by atoms with E-state index in [-0.39, 0.29) is 22.7 Å². The van der Waals surface area contributed by atoms with E-state index in [1.807, 2.05) is 22.9 Å². The van der Waals surface area contributed by atoms with Crippen LogP contribution >= 0.6 is 11.3 Å². The molecule has 0 atom stereocenters. The van der Waals surface area contributed by atoms with Gasteiger partial charge in [-0.25, -0.2) is 13.9 Å². The molecule has 0 saturated carbocycles. The van der Waals surface area contributed by atoms with Gasteiger partial charge in [-0.15, -0.1) is 0 Å². The maximum atomic E-state index is 14.1. The molecule has 1 aliphatic heterocycles. The number of nitrogens with zero attached hydrogens (tertiary/aromatic N) is 3. The van der Waals surface area contributed by atoms with E-state index >= 15 is 0 Å². The highest BCUT2D eigenvalue weighted by Crippen LogP contribution is 2.34. The standard InChI is InChI=1S/C25H30N4O5S2/c1-27-11-13-28(14-12-27)17-20-4-3-5-23(25(30)26-31)24(20)29(16-19-10-15-35-18-19)36(32,33)22-8-6-21(34-2)7-9-22/h3-10,15,18,31H,11-14,16-17H2,1-2H3,(H,26,30). The third kappa shape index (κ3) is 5.71. The molecule has 1 aliphatic rings. The summed E-state index contributed by atoms with van der Waals surface area (Å²) in [5.41, 5.74) is 3.50. The van der Waals surface area contributed by atoms with Gasteiger partial charge in [0.05, 0.1) is 29.8 Å². The molecule has 0 spiro atoms. The predicted octanol–water partition coefficient (Wildman–Crippen LogP) is 3.02. The van der Waals surface area contributed by atoms with Crippen LogP contribution in [-0.4, -0.2) is 69.7 Å². The van der Waals surface area contributed by atoms with Gasteiger partial charge in [0.15, 0.2) is 0 Å². The lowest BCUT2D eigenvalue weighted by atomic mass is 10.0. The van der Waals surface area contributed by atoms with Crippen LogP contribution in [0.3, 0.4) is 0 Å². The molecule has 36 heavy (non-hydrogen) atoms. The van der Waals surface area contributed by atoms with E-state index < -0.39 is 15.9 Å². The van der Waals surface area contributed by atoms with Crippen molar-refractivity contribution in [3.05, 3.63) is 76.0 Å². The average Bonchev–Trinajstić information content (AvgIpc) is 3.41. The molecule has 2 heterocycles. The summed E-state index contributed by atoms with van der Waals surface area (Å²) in [6.07, 6.45) is 0. The third-order valence-electron chi connectivity index (χ3n) is 6.26. The number of hydroxylamine groups is 1. The Morgan fingerprint density at radius 3 is 2.44 bits per heavy atom. The largest absolute Gasteiger partial charge is 0.497 e. The molecule has 3 aromatic rings. The summed E-state index contributed by atoms with van der Waals surface area (Å²) in [6, 6.07) is 13.1. The summed E-state index contributed by atoms with van der Waals surface area (Å²) in [4.78, 5) is 17.3. The van der Waals surface area contributed by atoms with Crippen molar-refractivity contribution in [2.75, 3.05) is 44.6 Å². The normalized spacial score (nSPS) is 15.0. The second-order valence-corrected chi connectivity index (χ2v) is 11.3. The fraction of sp³-hybridized carbons (Fsp3) is 0.320. The van der Waals surface area contributed by atoms with Crippen molar-refractivity contribution >= 4 is 33.0 Å². The van der Waals surface area contributed by atoms with Crippen LogP contribution in [-0.2, 0) is 23.1 Å². The van der Waals surface area contributed by atoms with Gasteiger partial charge in [-0.1, -0.05) is 12.1 Å². The molecule has 192 valence electrons. The summed E-state index contributed by atoms with van der Waals surface area (Å²) in [7, 11) is -0.514. The van der Waals surface area contributed by atoms with Crippen LogP contribution in [0, 0.1) is 0 Å². The Morgan fingerprint density at radius 2 is 1.83 bits per heavy atom. The second-order valence-electron chi connectivity index (χ2n) is 8.65. The molecular weight excluding hydrogens is 500 g/mol. The number of hydrogen-bond acceptors (Lipinski definition) is 8. The van der Waals surface area contributed by atoms with Crippen molar-refractivity contribution in [3.8, 4) is 5.75 Å². The first-order valence-electron chi connectivity index (χ1n) is 11.5. The quantitative estimate of drug-likeness (QED) is 0.324. The summed E-state index contributed by atoms with van der Waals surface area (Å²) in [5.74, 6) is -0.236. The monoisotopic (exact) mass is 530 g/mol. The molecular formula is C25H30N4O5S2. The molecule has 4 rings (SSSR count). The Morgan fingerprint density at radius 1 is 1.11 bits per heavy atom. The smallest absolute Gasteiger partial charge is 0.276 e. The second kappa shape index (κ2) is 11.4. The van der Waals surface area contributed by atoms with E-state index in [9.17, 15) is 18.4 Å². The van der Waals surface area contributed by atoms with Gasteiger partial charge in [0.25, 0.3) is 15.9 Å². The fourth-order valence-corrected chi connectivity index (χ4v) is 6.38. The summed E-state index contributed by atoms with van der Waals surface area (Å²) in [6.45, 7) is 3.94. The number of amides is 1. The lowest BCUT2D eigenvalue weighted by Crippen LogP contribution is -2.44. The van der Waals surface area contributed by atoms with Crippen LogP contribution in [0.1, 0.15) is 21.5 Å². The molecule has 0 unspecified atom stereocenters. The first-order chi connectivity index (χ1) is 17.3. The van der Waals surface area contributed by atoms with E-state index in [4.69, 9.17) is 4.74 Å². The summed E-state index contributed by atoms with van der Waals surface area (Å²) >= 11 is 1.47. The van der Waals surface area contributed by atoms with E-state index in [0.717, 1.165) is 31.7 Å². The Hall–Kier alpha value is -2.96. The molecule has 9 nitrogen and oxygen atoms in total. The number of para-hydroxylation sites is 1. The van der Waals surface area contributed by atoms with Gasteiger partial charge < -0.3 is 9.64 Å². The maximum Gasteiger partial charge on any atom is 0.276 e. The minimum absolute atomic E-state index is 0.0311. The van der Waals surface area contributed by atoms with E-state index in [1.165, 1.54) is 41.0 Å². The van der Waals surface area contributed by atoms with Crippen molar-refractivity contribution in [2.24, 2.45) is 0 Å². The zero-order valence-corrected chi connectivity index (χ0v) is 21.9. The van der Waals surface area contributed by atoms with Crippen molar-refractivity contribution < 1.29 is 23.2 Å². The molecule has 11 heteroatoms. The topological polar surface area (TPSA) is 102 Å². The zero-order valence-electron chi connectivity index (χ0n) is 20.3.